The molecule has 3 fully saturated rings. The monoisotopic (exact) mass is 741 g/mol. The maximum absolute atomic E-state index is 14.4. The number of hydrogen-bond acceptors (Lipinski definition) is 9. The number of carbonyl (C=O) groups is 5. The molecule has 5 amide bonds. The first-order chi connectivity index (χ1) is 24.3. The third kappa shape index (κ3) is 7.79. The SMILES string of the molecule is C=C[C@H]1C[C@]1(NC(=O)[C@@H]1C[C@@H]2CN1C(=O)[C@H](C(C)(C)C)NC(=O)OCC(C)(C)CCCc1cccc3c1CN(C3)C(=O)O2)C(=O)NS(=O)(=O)C1CC1. The van der Waals surface area contributed by atoms with E-state index >= 15 is 0 Å². The first-order valence-corrected chi connectivity index (χ1v) is 19.7. The molecule has 1 aromatic rings. The molecule has 0 spiro atoms. The van der Waals surface area contributed by atoms with E-state index in [2.05, 4.69) is 28.0 Å². The van der Waals surface area contributed by atoms with Crippen LogP contribution in [0.3, 0.4) is 0 Å². The van der Waals surface area contributed by atoms with Gasteiger partial charge in [0.15, 0.2) is 0 Å². The second-order valence-electron chi connectivity index (χ2n) is 16.9. The molecule has 2 aliphatic carbocycles. The number of nitrogens with zero attached hydrogens (tertiary/aromatic N) is 2. The van der Waals surface area contributed by atoms with E-state index in [1.807, 2.05) is 26.0 Å². The number of hydrogen-bond donors (Lipinski definition) is 3. The highest BCUT2D eigenvalue weighted by atomic mass is 32.2. The fourth-order valence-corrected chi connectivity index (χ4v) is 8.89. The largest absolute Gasteiger partial charge is 0.449 e. The van der Waals surface area contributed by atoms with Gasteiger partial charge in [0.1, 0.15) is 23.7 Å². The molecule has 3 aliphatic heterocycles. The smallest absolute Gasteiger partial charge is 0.410 e. The van der Waals surface area contributed by atoms with Gasteiger partial charge in [-0.3, -0.25) is 24.0 Å². The van der Waals surface area contributed by atoms with Crippen molar-refractivity contribution in [3.63, 3.8) is 0 Å². The van der Waals surface area contributed by atoms with Gasteiger partial charge in [-0.1, -0.05) is 58.9 Å². The summed E-state index contributed by atoms with van der Waals surface area (Å²) in [5, 5.41) is 4.83. The quantitative estimate of drug-likeness (QED) is 0.369. The molecule has 284 valence electrons. The number of benzene rings is 1. The third-order valence-electron chi connectivity index (χ3n) is 11.0. The van der Waals surface area contributed by atoms with Gasteiger partial charge in [0.2, 0.25) is 21.8 Å². The van der Waals surface area contributed by atoms with Crippen molar-refractivity contribution in [3.8, 4) is 0 Å². The van der Waals surface area contributed by atoms with Gasteiger partial charge in [-0.05, 0) is 66.0 Å². The standard InChI is InChI=1S/C37H51N5O9S/c1-7-24-17-37(24,32(45)40-52(48,49)26-13-14-26)39-30(43)28-16-25-19-42(28)31(44)29(35(2,3)4)38-33(46)50-21-36(5,6)15-9-12-22-10-8-11-23-18-41(20-27(22)23)34(47)51-25/h7-8,10-11,24-26,28-29H,1,9,12-21H2,2-6H3,(H,38,46)(H,39,43)(H,40,45)/t24-,25+,28-,29+,37+/m0/s1. The Bertz CT molecular complexity index is 1770. The molecule has 0 aromatic heterocycles. The number of amides is 5. The van der Waals surface area contributed by atoms with Crippen LogP contribution in [0.4, 0.5) is 9.59 Å². The van der Waals surface area contributed by atoms with Crippen molar-refractivity contribution in [2.75, 3.05) is 13.2 Å². The van der Waals surface area contributed by atoms with Crippen LogP contribution in [0.2, 0.25) is 0 Å². The number of alkyl carbamates (subject to hydrolysis) is 1. The molecule has 14 nitrogen and oxygen atoms in total. The minimum atomic E-state index is -3.91. The summed E-state index contributed by atoms with van der Waals surface area (Å²) < 4.78 is 39.1. The number of cyclic esters (lactones) is 1. The van der Waals surface area contributed by atoms with Crippen molar-refractivity contribution >= 4 is 39.9 Å². The summed E-state index contributed by atoms with van der Waals surface area (Å²) >= 11 is 0. The van der Waals surface area contributed by atoms with Crippen molar-refractivity contribution in [1.29, 1.82) is 0 Å². The topological polar surface area (TPSA) is 181 Å². The first kappa shape index (κ1) is 37.6. The Balaban J connectivity index is 1.29. The molecule has 0 unspecified atom stereocenters. The van der Waals surface area contributed by atoms with E-state index in [0.717, 1.165) is 36.0 Å². The Kier molecular flexibility index (Phi) is 9.90. The lowest BCUT2D eigenvalue weighted by Crippen LogP contribution is -2.60. The number of rotatable bonds is 6. The predicted octanol–water partition coefficient (Wildman–Crippen LogP) is 3.28. The summed E-state index contributed by atoms with van der Waals surface area (Å²) in [6.07, 6.45) is 2.58. The Labute approximate surface area is 305 Å². The minimum Gasteiger partial charge on any atom is -0.449 e. The lowest BCUT2D eigenvalue weighted by molar-refractivity contribution is -0.143. The van der Waals surface area contributed by atoms with E-state index in [1.54, 1.807) is 25.7 Å². The summed E-state index contributed by atoms with van der Waals surface area (Å²) in [6.45, 7) is 13.8. The third-order valence-corrected chi connectivity index (χ3v) is 12.8. The normalized spacial score (nSPS) is 29.4. The zero-order valence-corrected chi connectivity index (χ0v) is 31.5. The van der Waals surface area contributed by atoms with Gasteiger partial charge in [0, 0.05) is 25.4 Å². The number of sulfonamides is 1. The van der Waals surface area contributed by atoms with Gasteiger partial charge in [-0.2, -0.15) is 0 Å². The summed E-state index contributed by atoms with van der Waals surface area (Å²) in [4.78, 5) is 71.8. The van der Waals surface area contributed by atoms with Crippen LogP contribution in [0, 0.1) is 16.7 Å². The number of ether oxygens (including phenoxy) is 2. The average molecular weight is 742 g/mol. The molecular weight excluding hydrogens is 691 g/mol. The molecule has 0 radical (unpaired) electrons. The molecular formula is C37H51N5O9S. The zero-order valence-electron chi connectivity index (χ0n) is 30.7. The predicted molar refractivity (Wildman–Crippen MR) is 190 cm³/mol. The van der Waals surface area contributed by atoms with Gasteiger partial charge in [-0.25, -0.2) is 18.0 Å². The van der Waals surface area contributed by atoms with Crippen molar-refractivity contribution in [1.82, 2.24) is 25.2 Å². The Morgan fingerprint density at radius 1 is 1.10 bits per heavy atom. The van der Waals surface area contributed by atoms with Crippen molar-refractivity contribution in [3.05, 3.63) is 47.5 Å². The van der Waals surface area contributed by atoms with E-state index < -0.39 is 80.2 Å². The molecule has 2 saturated carbocycles. The minimum absolute atomic E-state index is 0.0817. The van der Waals surface area contributed by atoms with Gasteiger partial charge in [0.25, 0.3) is 5.91 Å². The van der Waals surface area contributed by atoms with E-state index in [4.69, 9.17) is 9.47 Å². The Morgan fingerprint density at radius 2 is 1.81 bits per heavy atom. The van der Waals surface area contributed by atoms with E-state index in [0.29, 0.717) is 25.9 Å². The van der Waals surface area contributed by atoms with E-state index in [-0.39, 0.29) is 31.4 Å². The lowest BCUT2D eigenvalue weighted by Gasteiger charge is -2.35. The molecule has 3 N–H and O–H groups in total. The second-order valence-corrected chi connectivity index (χ2v) is 18.8. The average Bonchev–Trinajstić information content (AvgIpc) is 3.95. The zero-order chi connectivity index (χ0) is 37.8. The molecule has 52 heavy (non-hydrogen) atoms. The van der Waals surface area contributed by atoms with Crippen LogP contribution < -0.4 is 15.4 Å². The van der Waals surface area contributed by atoms with Crippen LogP contribution in [0.1, 0.15) is 89.8 Å². The van der Waals surface area contributed by atoms with Crippen LogP contribution in [-0.2, 0) is 53.4 Å². The Morgan fingerprint density at radius 3 is 2.46 bits per heavy atom. The summed E-state index contributed by atoms with van der Waals surface area (Å²) in [6, 6.07) is 3.69. The second kappa shape index (κ2) is 13.7. The highest BCUT2D eigenvalue weighted by molar-refractivity contribution is 7.91. The molecule has 3 heterocycles. The number of aryl methyl sites for hydroxylation is 1. The van der Waals surface area contributed by atoms with Gasteiger partial charge >= 0.3 is 12.2 Å². The van der Waals surface area contributed by atoms with Crippen molar-refractivity contribution < 1.29 is 41.9 Å². The lowest BCUT2D eigenvalue weighted by atomic mass is 9.85. The van der Waals surface area contributed by atoms with Crippen LogP contribution in [-0.4, -0.2) is 90.3 Å². The first-order valence-electron chi connectivity index (χ1n) is 18.1. The molecule has 15 heteroatoms. The van der Waals surface area contributed by atoms with Crippen LogP contribution in [0.5, 0.6) is 0 Å². The van der Waals surface area contributed by atoms with E-state index in [9.17, 15) is 32.4 Å². The summed E-state index contributed by atoms with van der Waals surface area (Å²) in [7, 11) is -3.91. The molecule has 4 bridgehead atoms. The number of nitrogens with one attached hydrogen (secondary N) is 3. The maximum Gasteiger partial charge on any atom is 0.410 e. The highest BCUT2D eigenvalue weighted by Gasteiger charge is 2.62. The Hall–Kier alpha value is -4.14. The van der Waals surface area contributed by atoms with Crippen LogP contribution in [0.15, 0.2) is 30.9 Å². The highest BCUT2D eigenvalue weighted by Crippen LogP contribution is 2.45. The van der Waals surface area contributed by atoms with Crippen molar-refractivity contribution in [2.45, 2.75) is 122 Å². The number of fused-ring (bicyclic) bond motifs is 3. The van der Waals surface area contributed by atoms with Crippen LogP contribution >= 0.6 is 0 Å². The fraction of sp³-hybridized carbons (Fsp3) is 0.649. The molecule has 6 rings (SSSR count). The van der Waals surface area contributed by atoms with Gasteiger partial charge in [-0.15, -0.1) is 6.58 Å². The maximum atomic E-state index is 14.4. The van der Waals surface area contributed by atoms with Crippen LogP contribution in [0.25, 0.3) is 0 Å². The van der Waals surface area contributed by atoms with Crippen molar-refractivity contribution in [2.24, 2.45) is 16.7 Å². The summed E-state index contributed by atoms with van der Waals surface area (Å²) in [5.74, 6) is -2.71. The summed E-state index contributed by atoms with van der Waals surface area (Å²) in [5.41, 5.74) is 0.488. The molecule has 5 aliphatic rings. The van der Waals surface area contributed by atoms with E-state index in [1.165, 1.54) is 11.0 Å². The van der Waals surface area contributed by atoms with Gasteiger partial charge < -0.3 is 25.0 Å². The molecule has 1 saturated heterocycles. The molecule has 5 atom stereocenters. The molecule has 1 aromatic carbocycles. The fourth-order valence-electron chi connectivity index (χ4n) is 7.53. The number of carbonyl (C=O) groups excluding carboxylic acids is 5. The van der Waals surface area contributed by atoms with Gasteiger partial charge in [0.05, 0.1) is 18.4 Å².